The second-order valence-corrected chi connectivity index (χ2v) is 28.9. The molecule has 7 heterocycles. The number of carbonyl (C=O) groups excluding carboxylic acids is 7. The summed E-state index contributed by atoms with van der Waals surface area (Å²) in [6.45, 7) is 19.5. The van der Waals surface area contributed by atoms with Gasteiger partial charge in [0.1, 0.15) is 18.3 Å². The first-order valence-corrected chi connectivity index (χ1v) is 32.4. The number of aromatic nitrogens is 2. The SMILES string of the molecule is C/C1=C2/[N-][C@H]([C@H](CC(N)=O)[C@@]2(C)CCC(=O)NC[C@@H](C)OP(=O)(O)O[C@H]2[C@@H](O)[C@@H](n3cnc4cc(C)c(C)cc43)O[C@@H]2CO)[C@]2(C)[N-][C@H](/C(C)=C3\[N-][C@H](/C=C4\[N-]C1[C@@H](CCC(N)=O)C4(C)C)[C@@H](CCC(N)=O)[C@]3(C)CC(N)=O)[C@@H](CCC(N)=O)[C@]2(C)CC(N)=O.[Co]. The van der Waals surface area contributed by atoms with E-state index in [9.17, 15) is 53.2 Å². The van der Waals surface area contributed by atoms with Crippen LogP contribution in [0.1, 0.15) is 150 Å². The molecule has 1 radical (unpaired) electrons. The average Bonchev–Trinajstić information content (AvgIpc) is 1.53. The molecule has 5 saturated heterocycles. The number of hydrogen-bond acceptors (Lipinski definition) is 14. The number of nitrogens with one attached hydrogen (secondary N) is 1. The smallest absolute Gasteiger partial charge is 0.472 e. The molecule has 6 aliphatic rings. The summed E-state index contributed by atoms with van der Waals surface area (Å²) in [5.41, 5.74) is 36.2. The van der Waals surface area contributed by atoms with Crippen LogP contribution < -0.4 is 39.7 Å². The van der Waals surface area contributed by atoms with Crippen molar-refractivity contribution in [1.29, 1.82) is 0 Å². The Morgan fingerprint density at radius 1 is 0.747 bits per heavy atom. The molecule has 0 saturated carbocycles. The first kappa shape index (κ1) is 72.5. The molecular formula is C62H92CoN13O14P-4. The van der Waals surface area contributed by atoms with Gasteiger partial charge in [-0.25, -0.2) is 9.55 Å². The monoisotopic (exact) mass is 1330 g/mol. The van der Waals surface area contributed by atoms with Gasteiger partial charge in [-0.3, -0.25) is 42.6 Å². The van der Waals surface area contributed by atoms with Crippen molar-refractivity contribution in [2.24, 2.45) is 79.7 Å². The first-order valence-electron chi connectivity index (χ1n) is 30.9. The van der Waals surface area contributed by atoms with Gasteiger partial charge in [-0.15, -0.1) is 34.8 Å². The molecule has 2 unspecified atom stereocenters. The predicted molar refractivity (Wildman–Crippen MR) is 333 cm³/mol. The van der Waals surface area contributed by atoms with Crippen LogP contribution in [0.4, 0.5) is 0 Å². The Morgan fingerprint density at radius 2 is 1.32 bits per heavy atom. The second kappa shape index (κ2) is 27.2. The number of allylic oxidation sites excluding steroid dienone is 3. The number of aliphatic hydroxyl groups excluding tert-OH is 2. The minimum atomic E-state index is -5.06. The van der Waals surface area contributed by atoms with Crippen LogP contribution >= 0.6 is 7.82 Å². The molecule has 0 spiro atoms. The van der Waals surface area contributed by atoms with Crippen LogP contribution in [0.5, 0.6) is 0 Å². The summed E-state index contributed by atoms with van der Waals surface area (Å²) >= 11 is 0. The van der Waals surface area contributed by atoms with E-state index >= 15 is 0 Å². The maximum Gasteiger partial charge on any atom is 0.472 e. The number of phosphoric ester groups is 1. The van der Waals surface area contributed by atoms with E-state index in [1.54, 1.807) is 4.57 Å². The van der Waals surface area contributed by atoms with Crippen LogP contribution in [0.15, 0.2) is 52.8 Å². The first-order chi connectivity index (χ1) is 41.8. The molecule has 91 heavy (non-hydrogen) atoms. The third kappa shape index (κ3) is 14.0. The largest absolute Gasteiger partial charge is 0.685 e. The van der Waals surface area contributed by atoms with Gasteiger partial charge in [0.05, 0.1) is 30.1 Å². The van der Waals surface area contributed by atoms with Crippen molar-refractivity contribution in [2.75, 3.05) is 13.2 Å². The van der Waals surface area contributed by atoms with Crippen molar-refractivity contribution in [3.05, 3.63) is 85.2 Å². The molecule has 16 N–H and O–H groups in total. The molecule has 8 bridgehead atoms. The van der Waals surface area contributed by atoms with Crippen LogP contribution in [0.3, 0.4) is 0 Å². The van der Waals surface area contributed by atoms with Gasteiger partial charge in [0.15, 0.2) is 6.23 Å². The van der Waals surface area contributed by atoms with Crippen molar-refractivity contribution in [3.8, 4) is 0 Å². The Morgan fingerprint density at radius 3 is 1.90 bits per heavy atom. The molecule has 18 atom stereocenters. The number of benzene rings is 1. The van der Waals surface area contributed by atoms with E-state index in [1.807, 2.05) is 87.4 Å². The molecule has 27 nitrogen and oxygen atoms in total. The summed E-state index contributed by atoms with van der Waals surface area (Å²) in [4.78, 5) is 109. The Bertz CT molecular complexity index is 3340. The molecule has 507 valence electrons. The summed E-state index contributed by atoms with van der Waals surface area (Å²) in [7, 11) is -5.06. The number of imidazole rings is 1. The molecule has 7 amide bonds. The van der Waals surface area contributed by atoms with Gasteiger partial charge in [0.2, 0.25) is 41.4 Å². The Balaban J connectivity index is 0.0000118. The molecule has 2 aromatic rings. The summed E-state index contributed by atoms with van der Waals surface area (Å²) in [6.07, 6.45) is -3.96. The van der Waals surface area contributed by atoms with Gasteiger partial charge in [0.25, 0.3) is 0 Å². The molecular weight excluding hydrogens is 1240 g/mol. The number of hydrogen-bond donors (Lipinski definition) is 10. The molecule has 0 aliphatic carbocycles. The number of amides is 7. The molecule has 6 aliphatic heterocycles. The van der Waals surface area contributed by atoms with Crippen LogP contribution in [-0.2, 0) is 68.7 Å². The third-order valence-electron chi connectivity index (χ3n) is 21.2. The van der Waals surface area contributed by atoms with Gasteiger partial charge in [-0.1, -0.05) is 53.6 Å². The van der Waals surface area contributed by atoms with Gasteiger partial charge < -0.3 is 85.4 Å². The number of ether oxygens (including phenoxy) is 1. The fourth-order valence-electron chi connectivity index (χ4n) is 16.1. The number of primary amides is 6. The van der Waals surface area contributed by atoms with Crippen molar-refractivity contribution < 1.29 is 83.8 Å². The summed E-state index contributed by atoms with van der Waals surface area (Å²) in [6, 6.07) is 0.417. The van der Waals surface area contributed by atoms with Crippen molar-refractivity contribution in [2.45, 2.75) is 207 Å². The number of carbonyl (C=O) groups is 7. The Kier molecular flexibility index (Phi) is 21.7. The van der Waals surface area contributed by atoms with Crippen molar-refractivity contribution in [1.82, 2.24) is 14.9 Å². The fraction of sp³-hybridized carbons (Fsp3) is 0.677. The van der Waals surface area contributed by atoms with Crippen LogP contribution in [0.25, 0.3) is 32.3 Å². The fourth-order valence-corrected chi connectivity index (χ4v) is 17.3. The average molecular weight is 1330 g/mol. The number of rotatable bonds is 26. The zero-order valence-electron chi connectivity index (χ0n) is 53.8. The van der Waals surface area contributed by atoms with Gasteiger partial charge in [0, 0.05) is 68.3 Å². The zero-order chi connectivity index (χ0) is 66.7. The van der Waals surface area contributed by atoms with E-state index in [0.717, 1.165) is 11.1 Å². The minimum absolute atomic E-state index is 0. The number of fused-ring (bicyclic) bond motifs is 10. The van der Waals surface area contributed by atoms with Gasteiger partial charge in [-0.05, 0) is 129 Å². The molecule has 5 fully saturated rings. The summed E-state index contributed by atoms with van der Waals surface area (Å²) in [5.74, 6) is -6.86. The second-order valence-electron chi connectivity index (χ2n) is 27.5. The number of nitrogens with two attached hydrogens (primary N) is 6. The standard InChI is InChI=1S/C62H92N13O14P.Co/c1-29-20-39-40(21-30(29)2)75(28-70-39)57-52(84)53(41(27-76)87-57)89-90(85,86)88-31(3)26-69-49(83)18-19-59(8)37(22-46(66)80)56-62(11)61(10,25-48(68)82)36(14-17-45(65)79)51(74-62)33(5)55-60(9,24-47(67)81)34(12-15-43(63)77)38(71-55)23-42-58(6,7)35(13-16-44(64)78)50(72-42)32(4)54(59)73-56;/h20-21,23,28,31,34-38,41,50-53,56-57,76,84H,12-19,22,24-27H2,1-11H3,(H2,63,77)(H2,64,78)(H2,65,79)(H2,66,80)(H2,67,81)(H2,68,82)(H,69,83)(H,85,86);/q-4;/b42-23-,54-32-,55-33-;/t31-,34-,35-,36-,37+,38-,41-,50?,51-,52-,53-,56-,57+,59-,60+,61+,62+;/m1./s1. The van der Waals surface area contributed by atoms with E-state index in [4.69, 9.17) is 69.5 Å². The van der Waals surface area contributed by atoms with Crippen LogP contribution in [-0.4, -0.2) is 133 Å². The van der Waals surface area contributed by atoms with E-state index in [2.05, 4.69) is 10.3 Å². The van der Waals surface area contributed by atoms with Gasteiger partial charge >= 0.3 is 7.82 Å². The van der Waals surface area contributed by atoms with E-state index < -0.39 is 161 Å². The van der Waals surface area contributed by atoms with Crippen LogP contribution in [0, 0.1) is 59.2 Å². The van der Waals surface area contributed by atoms with Crippen molar-refractivity contribution >= 4 is 60.2 Å². The number of phosphoric acid groups is 1. The number of aryl methyl sites for hydroxylation is 2. The quantitative estimate of drug-likeness (QED) is 0.0563. The summed E-state index contributed by atoms with van der Waals surface area (Å²) < 4.78 is 32.3. The van der Waals surface area contributed by atoms with Crippen molar-refractivity contribution in [3.63, 3.8) is 0 Å². The van der Waals surface area contributed by atoms with Crippen LogP contribution in [0.2, 0.25) is 0 Å². The maximum absolute atomic E-state index is 14.4. The molecule has 1 aromatic heterocycles. The Hall–Kier alpha value is -5.94. The molecule has 8 rings (SSSR count). The molecule has 1 aromatic carbocycles. The number of nitrogens with zero attached hydrogens (tertiary/aromatic N) is 6. The zero-order valence-corrected chi connectivity index (χ0v) is 55.7. The maximum atomic E-state index is 14.4. The van der Waals surface area contributed by atoms with E-state index in [-0.39, 0.29) is 94.0 Å². The van der Waals surface area contributed by atoms with E-state index in [0.29, 0.717) is 39.3 Å². The van der Waals surface area contributed by atoms with E-state index in [1.165, 1.54) is 13.3 Å². The molecule has 29 heteroatoms. The summed E-state index contributed by atoms with van der Waals surface area (Å²) in [5, 5.41) is 46.9. The normalized spacial score (nSPS) is 36.3. The van der Waals surface area contributed by atoms with Gasteiger partial charge in [-0.2, -0.15) is 17.1 Å². The third-order valence-corrected chi connectivity index (χ3v) is 22.3. The minimum Gasteiger partial charge on any atom is -0.685 e. The Labute approximate surface area is 541 Å². The topological polar surface area (TPSA) is 467 Å². The predicted octanol–water partition coefficient (Wildman–Crippen LogP) is 4.85. The number of aliphatic hydroxyl groups is 2.